The van der Waals surface area contributed by atoms with E-state index in [2.05, 4.69) is 10.0 Å². The third-order valence-electron chi connectivity index (χ3n) is 3.93. The average molecular weight is 423 g/mol. The van der Waals surface area contributed by atoms with Gasteiger partial charge in [-0.2, -0.15) is 0 Å². The van der Waals surface area contributed by atoms with Gasteiger partial charge >= 0.3 is 0 Å². The zero-order valence-electron chi connectivity index (χ0n) is 14.6. The van der Waals surface area contributed by atoms with E-state index in [1.54, 1.807) is 13.2 Å². The van der Waals surface area contributed by atoms with Crippen molar-refractivity contribution in [1.29, 1.82) is 0 Å². The van der Waals surface area contributed by atoms with Crippen LogP contribution in [0.4, 0.5) is 5.69 Å². The number of ether oxygens (including phenoxy) is 1. The van der Waals surface area contributed by atoms with E-state index < -0.39 is 10.0 Å². The lowest BCUT2D eigenvalue weighted by atomic mass is 10.1. The van der Waals surface area contributed by atoms with Gasteiger partial charge in [0.1, 0.15) is 9.96 Å². The third kappa shape index (κ3) is 5.01. The van der Waals surface area contributed by atoms with Crippen molar-refractivity contribution in [3.8, 4) is 5.75 Å². The molecule has 0 bridgehead atoms. The molecule has 0 aliphatic rings. The molecule has 0 amide bonds. The summed E-state index contributed by atoms with van der Waals surface area (Å²) in [6.45, 7) is 0.167. The van der Waals surface area contributed by atoms with Gasteiger partial charge in [0.2, 0.25) is 10.0 Å². The number of hydrogen-bond donors (Lipinski definition) is 2. The SMILES string of the molecule is COc1ccccc1NC(CNS(=O)(=O)c1ccc(Cl)s1)c1ccccc1. The zero-order valence-corrected chi connectivity index (χ0v) is 16.9. The number of thiophene rings is 1. The molecule has 1 aromatic heterocycles. The molecule has 1 heterocycles. The van der Waals surface area contributed by atoms with Gasteiger partial charge in [-0.1, -0.05) is 54.1 Å². The summed E-state index contributed by atoms with van der Waals surface area (Å²) in [4.78, 5) is 0. The van der Waals surface area contributed by atoms with Crippen molar-refractivity contribution < 1.29 is 13.2 Å². The number of nitrogens with one attached hydrogen (secondary N) is 2. The van der Waals surface area contributed by atoms with Crippen molar-refractivity contribution >= 4 is 38.6 Å². The molecule has 2 N–H and O–H groups in total. The standard InChI is InChI=1S/C19H19ClN2O3S2/c1-25-17-10-6-5-9-15(17)22-16(14-7-3-2-4-8-14)13-21-27(23,24)19-12-11-18(20)26-19/h2-12,16,21-22H,13H2,1H3. The van der Waals surface area contributed by atoms with Crippen molar-refractivity contribution in [3.05, 3.63) is 76.6 Å². The van der Waals surface area contributed by atoms with Gasteiger partial charge in [-0.15, -0.1) is 11.3 Å². The molecule has 27 heavy (non-hydrogen) atoms. The third-order valence-corrected chi connectivity index (χ3v) is 7.08. The van der Waals surface area contributed by atoms with Crippen LogP contribution < -0.4 is 14.8 Å². The van der Waals surface area contributed by atoms with E-state index >= 15 is 0 Å². The van der Waals surface area contributed by atoms with Gasteiger partial charge in [-0.05, 0) is 29.8 Å². The molecule has 1 atom stereocenters. The summed E-state index contributed by atoms with van der Waals surface area (Å²) in [6, 6.07) is 19.9. The monoisotopic (exact) mass is 422 g/mol. The number of methoxy groups -OCH3 is 1. The van der Waals surface area contributed by atoms with Crippen molar-refractivity contribution in [2.45, 2.75) is 10.3 Å². The maximum Gasteiger partial charge on any atom is 0.250 e. The first-order valence-electron chi connectivity index (χ1n) is 8.19. The van der Waals surface area contributed by atoms with E-state index in [9.17, 15) is 8.42 Å². The first kappa shape index (κ1) is 19.7. The second kappa shape index (κ2) is 8.75. The van der Waals surface area contributed by atoms with E-state index in [0.29, 0.717) is 10.1 Å². The van der Waals surface area contributed by atoms with Crippen molar-refractivity contribution in [2.75, 3.05) is 19.0 Å². The lowest BCUT2D eigenvalue weighted by molar-refractivity contribution is 0.416. The minimum Gasteiger partial charge on any atom is -0.495 e. The van der Waals surface area contributed by atoms with Crippen LogP contribution in [0.3, 0.4) is 0 Å². The molecule has 8 heteroatoms. The number of rotatable bonds is 8. The molecule has 0 saturated carbocycles. The van der Waals surface area contributed by atoms with Gasteiger partial charge in [0.15, 0.2) is 0 Å². The fraction of sp³-hybridized carbons (Fsp3) is 0.158. The molecule has 0 saturated heterocycles. The van der Waals surface area contributed by atoms with Gasteiger partial charge in [-0.25, -0.2) is 13.1 Å². The number of halogens is 1. The molecule has 0 aliphatic carbocycles. The minimum atomic E-state index is -3.64. The summed E-state index contributed by atoms with van der Waals surface area (Å²) in [7, 11) is -2.04. The van der Waals surface area contributed by atoms with E-state index in [1.807, 2.05) is 54.6 Å². The lowest BCUT2D eigenvalue weighted by Crippen LogP contribution is -2.31. The summed E-state index contributed by atoms with van der Waals surface area (Å²) in [5.74, 6) is 0.686. The Balaban J connectivity index is 1.83. The number of hydrogen-bond acceptors (Lipinski definition) is 5. The second-order valence-corrected chi connectivity index (χ2v) is 9.43. The molecule has 3 rings (SSSR count). The molecule has 5 nitrogen and oxygen atoms in total. The molecule has 0 aliphatic heterocycles. The van der Waals surface area contributed by atoms with Crippen molar-refractivity contribution in [2.24, 2.45) is 0 Å². The maximum absolute atomic E-state index is 12.5. The summed E-state index contributed by atoms with van der Waals surface area (Å²) < 4.78 is 33.8. The number of anilines is 1. The largest absolute Gasteiger partial charge is 0.495 e. The molecule has 2 aromatic carbocycles. The molecular weight excluding hydrogens is 404 g/mol. The highest BCUT2D eigenvalue weighted by Gasteiger charge is 2.20. The van der Waals surface area contributed by atoms with Crippen LogP contribution >= 0.6 is 22.9 Å². The summed E-state index contributed by atoms with van der Waals surface area (Å²) in [5.41, 5.74) is 1.74. The van der Waals surface area contributed by atoms with Gasteiger partial charge < -0.3 is 10.1 Å². The average Bonchev–Trinajstić information content (AvgIpc) is 3.13. The predicted octanol–water partition coefficient (Wildman–Crippen LogP) is 4.54. The van der Waals surface area contributed by atoms with Crippen LogP contribution in [0.5, 0.6) is 5.75 Å². The Morgan fingerprint density at radius 3 is 2.41 bits per heavy atom. The Morgan fingerprint density at radius 1 is 1.04 bits per heavy atom. The van der Waals surface area contributed by atoms with Crippen LogP contribution in [0.15, 0.2) is 70.9 Å². The fourth-order valence-electron chi connectivity index (χ4n) is 2.60. The molecule has 0 radical (unpaired) electrons. The zero-order chi connectivity index (χ0) is 19.3. The number of sulfonamides is 1. The molecule has 0 spiro atoms. The Labute approximate surface area is 168 Å². The van der Waals surface area contributed by atoms with Gasteiger partial charge in [0.05, 0.1) is 23.2 Å². The van der Waals surface area contributed by atoms with Crippen molar-refractivity contribution in [3.63, 3.8) is 0 Å². The van der Waals surface area contributed by atoms with Crippen LogP contribution in [-0.2, 0) is 10.0 Å². The van der Waals surface area contributed by atoms with Crippen LogP contribution in [0.25, 0.3) is 0 Å². The first-order chi connectivity index (χ1) is 13.0. The summed E-state index contributed by atoms with van der Waals surface area (Å²) in [6.07, 6.45) is 0. The number of para-hydroxylation sites is 2. The topological polar surface area (TPSA) is 67.4 Å². The minimum absolute atomic E-state index is 0.167. The fourth-order valence-corrected chi connectivity index (χ4v) is 5.17. The van der Waals surface area contributed by atoms with Gasteiger partial charge in [-0.3, -0.25) is 0 Å². The molecule has 3 aromatic rings. The molecule has 0 fully saturated rings. The van der Waals surface area contributed by atoms with E-state index in [1.165, 1.54) is 6.07 Å². The van der Waals surface area contributed by atoms with Gasteiger partial charge in [0.25, 0.3) is 0 Å². The van der Waals surface area contributed by atoms with Crippen LogP contribution in [0, 0.1) is 0 Å². The summed E-state index contributed by atoms with van der Waals surface area (Å²) >= 11 is 6.89. The van der Waals surface area contributed by atoms with Crippen LogP contribution in [0.1, 0.15) is 11.6 Å². The normalized spacial score (nSPS) is 12.5. The Bertz CT molecular complexity index is 991. The smallest absolute Gasteiger partial charge is 0.250 e. The maximum atomic E-state index is 12.5. The Hall–Kier alpha value is -2.06. The second-order valence-electron chi connectivity index (χ2n) is 5.72. The van der Waals surface area contributed by atoms with Crippen molar-refractivity contribution in [1.82, 2.24) is 4.72 Å². The lowest BCUT2D eigenvalue weighted by Gasteiger charge is -2.22. The molecule has 142 valence electrons. The summed E-state index contributed by atoms with van der Waals surface area (Å²) in [5, 5.41) is 3.37. The highest BCUT2D eigenvalue weighted by Crippen LogP contribution is 2.29. The van der Waals surface area contributed by atoms with Gasteiger partial charge in [0, 0.05) is 6.54 Å². The molecule has 1 unspecified atom stereocenters. The highest BCUT2D eigenvalue weighted by molar-refractivity contribution is 7.91. The first-order valence-corrected chi connectivity index (χ1v) is 10.9. The quantitative estimate of drug-likeness (QED) is 0.559. The Kier molecular flexibility index (Phi) is 6.38. The van der Waals surface area contributed by atoms with Crippen LogP contribution in [0.2, 0.25) is 4.34 Å². The van der Waals surface area contributed by atoms with E-state index in [4.69, 9.17) is 16.3 Å². The van der Waals surface area contributed by atoms with E-state index in [-0.39, 0.29) is 16.8 Å². The van der Waals surface area contributed by atoms with E-state index in [0.717, 1.165) is 22.6 Å². The van der Waals surface area contributed by atoms with Crippen LogP contribution in [-0.4, -0.2) is 22.1 Å². The predicted molar refractivity (Wildman–Crippen MR) is 110 cm³/mol. The number of benzene rings is 2. The highest BCUT2D eigenvalue weighted by atomic mass is 35.5. The molecular formula is C19H19ClN2O3S2. The Morgan fingerprint density at radius 2 is 1.74 bits per heavy atom.